The number of rotatable bonds is 4. The molecule has 1 saturated heterocycles. The summed E-state index contributed by atoms with van der Waals surface area (Å²) in [6, 6.07) is 5.38. The Balaban J connectivity index is 1.70. The minimum Gasteiger partial charge on any atom is -0.339 e. The smallest absolute Gasteiger partial charge is 0.233 e. The summed E-state index contributed by atoms with van der Waals surface area (Å²) in [7, 11) is 0. The predicted molar refractivity (Wildman–Crippen MR) is 101 cm³/mol. The molecule has 1 amide bonds. The largest absolute Gasteiger partial charge is 0.339 e. The number of carbonyl (C=O) groups is 1. The average Bonchev–Trinajstić information content (AvgIpc) is 2.94. The number of thioether (sulfide) groups is 1. The Morgan fingerprint density at radius 3 is 2.88 bits per heavy atom. The summed E-state index contributed by atoms with van der Waals surface area (Å²) >= 11 is 13.4. The van der Waals surface area contributed by atoms with Gasteiger partial charge in [-0.3, -0.25) is 4.79 Å². The van der Waals surface area contributed by atoms with E-state index in [1.807, 2.05) is 4.90 Å². The molecule has 6 nitrogen and oxygen atoms in total. The molecule has 1 aromatic carbocycles. The highest BCUT2D eigenvalue weighted by molar-refractivity contribution is 7.99. The first-order valence-electron chi connectivity index (χ1n) is 8.05. The van der Waals surface area contributed by atoms with Gasteiger partial charge in [0.15, 0.2) is 5.82 Å². The minimum absolute atomic E-state index is 0.103. The van der Waals surface area contributed by atoms with Crippen LogP contribution in [-0.4, -0.2) is 44.0 Å². The molecule has 1 aromatic heterocycles. The molecule has 2 heterocycles. The second-order valence-electron chi connectivity index (χ2n) is 6.02. The first-order valence-corrected chi connectivity index (χ1v) is 9.79. The van der Waals surface area contributed by atoms with E-state index in [2.05, 4.69) is 17.1 Å². The zero-order chi connectivity index (χ0) is 18.0. The van der Waals surface area contributed by atoms with Crippen LogP contribution in [-0.2, 0) is 4.79 Å². The number of hydrogen-bond acceptors (Lipinski definition) is 5. The minimum atomic E-state index is 0.103. The van der Waals surface area contributed by atoms with Gasteiger partial charge in [-0.1, -0.05) is 35.0 Å². The Morgan fingerprint density at radius 2 is 2.16 bits per heavy atom. The van der Waals surface area contributed by atoms with Gasteiger partial charge in [-0.05, 0) is 44.4 Å². The van der Waals surface area contributed by atoms with Gasteiger partial charge in [-0.15, -0.1) is 10.2 Å². The van der Waals surface area contributed by atoms with E-state index in [0.717, 1.165) is 19.4 Å². The van der Waals surface area contributed by atoms with Crippen molar-refractivity contribution in [3.05, 3.63) is 28.2 Å². The molecule has 134 valence electrons. The predicted octanol–water partition coefficient (Wildman–Crippen LogP) is 3.46. The van der Waals surface area contributed by atoms with E-state index in [0.29, 0.717) is 32.6 Å². The molecule has 0 spiro atoms. The highest BCUT2D eigenvalue weighted by Gasteiger charge is 2.24. The zero-order valence-corrected chi connectivity index (χ0v) is 16.1. The molecule has 0 unspecified atom stereocenters. The van der Waals surface area contributed by atoms with E-state index in [1.165, 1.54) is 22.9 Å². The fraction of sp³-hybridized carbons (Fsp3) is 0.438. The van der Waals surface area contributed by atoms with Gasteiger partial charge in [-0.2, -0.15) is 0 Å². The number of aromatic nitrogens is 3. The van der Waals surface area contributed by atoms with Gasteiger partial charge in [0.2, 0.25) is 11.1 Å². The van der Waals surface area contributed by atoms with Crippen LogP contribution in [0, 0.1) is 0 Å². The number of benzene rings is 1. The summed E-state index contributed by atoms with van der Waals surface area (Å²) < 4.78 is 1.35. The maximum absolute atomic E-state index is 12.4. The van der Waals surface area contributed by atoms with Crippen molar-refractivity contribution < 1.29 is 4.79 Å². The summed E-state index contributed by atoms with van der Waals surface area (Å²) in [4.78, 5) is 14.4. The highest BCUT2D eigenvalue weighted by Crippen LogP contribution is 2.30. The third-order valence-electron chi connectivity index (χ3n) is 4.28. The second kappa shape index (κ2) is 7.85. The Kier molecular flexibility index (Phi) is 5.76. The van der Waals surface area contributed by atoms with Gasteiger partial charge in [0.05, 0.1) is 10.8 Å². The molecule has 25 heavy (non-hydrogen) atoms. The SMILES string of the molecule is C[C@@H]1CCCCN1C(=O)CSc1nnc(-c2ccc(Cl)cc2Cl)n1N. The van der Waals surface area contributed by atoms with Gasteiger partial charge < -0.3 is 10.7 Å². The van der Waals surface area contributed by atoms with E-state index in [1.54, 1.807) is 18.2 Å². The lowest BCUT2D eigenvalue weighted by Gasteiger charge is -2.33. The van der Waals surface area contributed by atoms with Crippen molar-refractivity contribution in [3.63, 3.8) is 0 Å². The number of hydrogen-bond donors (Lipinski definition) is 1. The quantitative estimate of drug-likeness (QED) is 0.628. The number of halogens is 2. The average molecular weight is 400 g/mol. The molecule has 1 aliphatic heterocycles. The van der Waals surface area contributed by atoms with Crippen molar-refractivity contribution in [2.45, 2.75) is 37.4 Å². The maximum atomic E-state index is 12.4. The van der Waals surface area contributed by atoms with Crippen LogP contribution in [0.4, 0.5) is 0 Å². The fourth-order valence-electron chi connectivity index (χ4n) is 2.91. The van der Waals surface area contributed by atoms with E-state index in [4.69, 9.17) is 29.0 Å². The highest BCUT2D eigenvalue weighted by atomic mass is 35.5. The summed E-state index contributed by atoms with van der Waals surface area (Å²) in [5.74, 6) is 6.91. The van der Waals surface area contributed by atoms with Gasteiger partial charge in [0.1, 0.15) is 0 Å². The molecule has 0 saturated carbocycles. The molecular weight excluding hydrogens is 381 g/mol. The van der Waals surface area contributed by atoms with Crippen LogP contribution in [0.3, 0.4) is 0 Å². The topological polar surface area (TPSA) is 77.0 Å². The Labute approximate surface area is 160 Å². The first-order chi connectivity index (χ1) is 12.0. The molecular formula is C16H19Cl2N5OS. The molecule has 1 fully saturated rings. The van der Waals surface area contributed by atoms with Crippen LogP contribution in [0.25, 0.3) is 11.4 Å². The Morgan fingerprint density at radius 1 is 1.36 bits per heavy atom. The summed E-state index contributed by atoms with van der Waals surface area (Å²) in [5, 5.41) is 9.63. The van der Waals surface area contributed by atoms with Gasteiger partial charge in [-0.25, -0.2) is 4.68 Å². The summed E-state index contributed by atoms with van der Waals surface area (Å²) in [6.07, 6.45) is 3.30. The van der Waals surface area contributed by atoms with Crippen molar-refractivity contribution in [3.8, 4) is 11.4 Å². The van der Waals surface area contributed by atoms with Gasteiger partial charge in [0, 0.05) is 23.2 Å². The molecule has 2 aromatic rings. The molecule has 1 atom stereocenters. The molecule has 9 heteroatoms. The monoisotopic (exact) mass is 399 g/mol. The number of nitrogens with two attached hydrogens (primary N) is 1. The molecule has 1 aliphatic rings. The third-order valence-corrected chi connectivity index (χ3v) is 5.76. The lowest BCUT2D eigenvalue weighted by Crippen LogP contribution is -2.43. The molecule has 2 N–H and O–H groups in total. The number of piperidine rings is 1. The normalized spacial score (nSPS) is 17.7. The number of nitrogens with zero attached hydrogens (tertiary/aromatic N) is 4. The van der Waals surface area contributed by atoms with Crippen LogP contribution >= 0.6 is 35.0 Å². The molecule has 0 aliphatic carbocycles. The zero-order valence-electron chi connectivity index (χ0n) is 13.8. The number of nitrogen functional groups attached to an aromatic ring is 1. The number of carbonyl (C=O) groups excluding carboxylic acids is 1. The summed E-state index contributed by atoms with van der Waals surface area (Å²) in [5.41, 5.74) is 0.642. The van der Waals surface area contributed by atoms with Crippen LogP contribution in [0.15, 0.2) is 23.4 Å². The second-order valence-corrected chi connectivity index (χ2v) is 7.81. The maximum Gasteiger partial charge on any atom is 0.233 e. The molecule has 0 radical (unpaired) electrons. The molecule has 0 bridgehead atoms. The third kappa shape index (κ3) is 4.04. The Hall–Kier alpha value is -1.44. The number of likely N-dealkylation sites (tertiary alicyclic amines) is 1. The van der Waals surface area contributed by atoms with Crippen molar-refractivity contribution in [2.75, 3.05) is 18.1 Å². The van der Waals surface area contributed by atoms with E-state index < -0.39 is 0 Å². The first kappa shape index (κ1) is 18.4. The summed E-state index contributed by atoms with van der Waals surface area (Å²) in [6.45, 7) is 2.91. The lowest BCUT2D eigenvalue weighted by molar-refractivity contribution is -0.131. The van der Waals surface area contributed by atoms with Crippen molar-refractivity contribution in [1.82, 2.24) is 19.8 Å². The molecule has 3 rings (SSSR count). The lowest BCUT2D eigenvalue weighted by atomic mass is 10.0. The van der Waals surface area contributed by atoms with Crippen molar-refractivity contribution >= 4 is 40.9 Å². The standard InChI is InChI=1S/C16H19Cl2N5OS/c1-10-4-2-3-7-22(10)14(24)9-25-16-21-20-15(23(16)19)12-6-5-11(17)8-13(12)18/h5-6,8,10H,2-4,7,9,19H2,1H3/t10-/m1/s1. The van der Waals surface area contributed by atoms with Gasteiger partial charge >= 0.3 is 0 Å². The van der Waals surface area contributed by atoms with Gasteiger partial charge in [0.25, 0.3) is 0 Å². The van der Waals surface area contributed by atoms with Crippen molar-refractivity contribution in [2.24, 2.45) is 0 Å². The van der Waals surface area contributed by atoms with Crippen LogP contribution in [0.2, 0.25) is 10.0 Å². The van der Waals surface area contributed by atoms with E-state index in [-0.39, 0.29) is 11.7 Å². The van der Waals surface area contributed by atoms with Crippen LogP contribution in [0.1, 0.15) is 26.2 Å². The van der Waals surface area contributed by atoms with Crippen molar-refractivity contribution in [1.29, 1.82) is 0 Å². The number of amides is 1. The van der Waals surface area contributed by atoms with Crippen LogP contribution in [0.5, 0.6) is 0 Å². The van der Waals surface area contributed by atoms with Crippen LogP contribution < -0.4 is 5.84 Å². The van der Waals surface area contributed by atoms with E-state index in [9.17, 15) is 4.79 Å². The fourth-order valence-corrected chi connectivity index (χ4v) is 4.14. The van der Waals surface area contributed by atoms with E-state index >= 15 is 0 Å². The Bertz CT molecular complexity index is 782.